The van der Waals surface area contributed by atoms with E-state index in [-0.39, 0.29) is 36.0 Å². The molecule has 0 aromatic heterocycles. The maximum atomic E-state index is 13.3. The van der Waals surface area contributed by atoms with Crippen LogP contribution in [0, 0.1) is 6.92 Å². The number of anilines is 1. The SMILES string of the molecule is CCc1cccc(C)c1N1C(=O)CN(Cc2ccccc2)C2CS(=O)(=O)CC21. The number of rotatable bonds is 4. The van der Waals surface area contributed by atoms with Crippen molar-refractivity contribution in [3.8, 4) is 0 Å². The normalized spacial score (nSPS) is 24.4. The standard InChI is InChI=1S/C22H26N2O3S/c1-3-18-11-7-8-16(2)22(18)24-20-15-28(26,27)14-19(20)23(13-21(24)25)12-17-9-5-4-6-10-17/h4-11,19-20H,3,12-15H2,1-2H3. The molecule has 2 aliphatic rings. The topological polar surface area (TPSA) is 57.7 Å². The average molecular weight is 399 g/mol. The van der Waals surface area contributed by atoms with Gasteiger partial charge in [-0.25, -0.2) is 8.42 Å². The van der Waals surface area contributed by atoms with Gasteiger partial charge in [-0.1, -0.05) is 55.5 Å². The van der Waals surface area contributed by atoms with Crippen LogP contribution in [-0.4, -0.2) is 49.4 Å². The van der Waals surface area contributed by atoms with E-state index in [9.17, 15) is 13.2 Å². The van der Waals surface area contributed by atoms with Crippen LogP contribution in [0.15, 0.2) is 48.5 Å². The Hall–Kier alpha value is -2.18. The number of piperazine rings is 1. The molecule has 5 nitrogen and oxygen atoms in total. The molecule has 6 heteroatoms. The van der Waals surface area contributed by atoms with Gasteiger partial charge in [0.05, 0.1) is 29.8 Å². The van der Waals surface area contributed by atoms with Gasteiger partial charge in [0.25, 0.3) is 0 Å². The first-order valence-corrected chi connectivity index (χ1v) is 11.6. The van der Waals surface area contributed by atoms with Crippen LogP contribution in [0.3, 0.4) is 0 Å². The van der Waals surface area contributed by atoms with E-state index in [4.69, 9.17) is 0 Å². The number of fused-ring (bicyclic) bond motifs is 1. The van der Waals surface area contributed by atoms with Gasteiger partial charge in [-0.05, 0) is 30.0 Å². The molecule has 0 bridgehead atoms. The van der Waals surface area contributed by atoms with Gasteiger partial charge < -0.3 is 4.90 Å². The van der Waals surface area contributed by atoms with Crippen molar-refractivity contribution < 1.29 is 13.2 Å². The quantitative estimate of drug-likeness (QED) is 0.794. The van der Waals surface area contributed by atoms with Crippen LogP contribution >= 0.6 is 0 Å². The minimum absolute atomic E-state index is 0.0155. The zero-order valence-corrected chi connectivity index (χ0v) is 17.2. The maximum Gasteiger partial charge on any atom is 0.241 e. The zero-order valence-electron chi connectivity index (χ0n) is 16.3. The highest BCUT2D eigenvalue weighted by molar-refractivity contribution is 7.91. The van der Waals surface area contributed by atoms with Crippen LogP contribution < -0.4 is 4.90 Å². The van der Waals surface area contributed by atoms with Crippen molar-refractivity contribution in [2.75, 3.05) is 23.0 Å². The summed E-state index contributed by atoms with van der Waals surface area (Å²) in [6.45, 7) is 4.89. The minimum atomic E-state index is -3.19. The van der Waals surface area contributed by atoms with Crippen molar-refractivity contribution in [2.45, 2.75) is 38.9 Å². The number of hydrogen-bond donors (Lipinski definition) is 0. The predicted molar refractivity (Wildman–Crippen MR) is 111 cm³/mol. The molecule has 148 valence electrons. The minimum Gasteiger partial charge on any atom is -0.305 e. The Morgan fingerprint density at radius 3 is 2.43 bits per heavy atom. The molecule has 2 atom stereocenters. The number of amides is 1. The van der Waals surface area contributed by atoms with Gasteiger partial charge in [-0.15, -0.1) is 0 Å². The van der Waals surface area contributed by atoms with E-state index in [1.54, 1.807) is 4.90 Å². The first-order chi connectivity index (χ1) is 13.4. The van der Waals surface area contributed by atoms with Crippen LogP contribution in [0.1, 0.15) is 23.6 Å². The number of carbonyl (C=O) groups excluding carboxylic acids is 1. The van der Waals surface area contributed by atoms with Gasteiger partial charge in [-0.2, -0.15) is 0 Å². The number of sulfone groups is 1. The first kappa shape index (κ1) is 19.2. The summed E-state index contributed by atoms with van der Waals surface area (Å²) in [5.41, 5.74) is 4.11. The summed E-state index contributed by atoms with van der Waals surface area (Å²) in [7, 11) is -3.19. The summed E-state index contributed by atoms with van der Waals surface area (Å²) in [4.78, 5) is 17.1. The lowest BCUT2D eigenvalue weighted by Crippen LogP contribution is -2.62. The maximum absolute atomic E-state index is 13.3. The van der Waals surface area contributed by atoms with Crippen LogP contribution in [0.25, 0.3) is 0 Å². The van der Waals surface area contributed by atoms with Crippen LogP contribution in [0.2, 0.25) is 0 Å². The largest absolute Gasteiger partial charge is 0.305 e. The van der Waals surface area contributed by atoms with Crippen molar-refractivity contribution in [1.29, 1.82) is 0 Å². The van der Waals surface area contributed by atoms with Crippen molar-refractivity contribution in [1.82, 2.24) is 4.90 Å². The molecule has 4 rings (SSSR count). The Bertz CT molecular complexity index is 988. The second-order valence-electron chi connectivity index (χ2n) is 7.80. The molecule has 0 radical (unpaired) electrons. The molecule has 0 spiro atoms. The van der Waals surface area contributed by atoms with E-state index in [1.807, 2.05) is 60.4 Å². The molecule has 0 aliphatic carbocycles. The average Bonchev–Trinajstić information content (AvgIpc) is 2.99. The van der Waals surface area contributed by atoms with Crippen molar-refractivity contribution in [3.05, 3.63) is 65.2 Å². The molecule has 0 saturated carbocycles. The van der Waals surface area contributed by atoms with E-state index in [0.29, 0.717) is 6.54 Å². The summed E-state index contributed by atoms with van der Waals surface area (Å²) in [6.07, 6.45) is 0.804. The summed E-state index contributed by atoms with van der Waals surface area (Å²) in [6, 6.07) is 15.5. The number of benzene rings is 2. The highest BCUT2D eigenvalue weighted by atomic mass is 32.2. The monoisotopic (exact) mass is 398 g/mol. The summed E-state index contributed by atoms with van der Waals surface area (Å²) < 4.78 is 25.1. The Kier molecular flexibility index (Phi) is 5.02. The van der Waals surface area contributed by atoms with E-state index < -0.39 is 9.84 Å². The van der Waals surface area contributed by atoms with Crippen molar-refractivity contribution in [3.63, 3.8) is 0 Å². The number of hydrogen-bond acceptors (Lipinski definition) is 4. The van der Waals surface area contributed by atoms with Gasteiger partial charge in [0.15, 0.2) is 9.84 Å². The number of carbonyl (C=O) groups is 1. The number of para-hydroxylation sites is 1. The molecule has 2 saturated heterocycles. The lowest BCUT2D eigenvalue weighted by atomic mass is 9.97. The van der Waals surface area contributed by atoms with Gasteiger partial charge in [-0.3, -0.25) is 9.69 Å². The smallest absolute Gasteiger partial charge is 0.241 e. The Morgan fingerprint density at radius 2 is 1.71 bits per heavy atom. The molecule has 2 heterocycles. The van der Waals surface area contributed by atoms with Crippen LogP contribution in [-0.2, 0) is 27.6 Å². The zero-order chi connectivity index (χ0) is 19.9. The molecule has 2 aromatic rings. The van der Waals surface area contributed by atoms with Crippen LogP contribution in [0.5, 0.6) is 0 Å². The molecule has 2 aliphatic heterocycles. The fourth-order valence-electron chi connectivity index (χ4n) is 4.59. The fourth-order valence-corrected chi connectivity index (χ4v) is 6.57. The molecule has 2 fully saturated rings. The molecule has 1 amide bonds. The van der Waals surface area contributed by atoms with Gasteiger partial charge in [0.1, 0.15) is 0 Å². The van der Waals surface area contributed by atoms with E-state index in [2.05, 4.69) is 6.92 Å². The Balaban J connectivity index is 1.73. The first-order valence-electron chi connectivity index (χ1n) is 9.78. The summed E-state index contributed by atoms with van der Waals surface area (Å²) >= 11 is 0. The second kappa shape index (κ2) is 7.33. The Labute approximate surface area is 166 Å². The fraction of sp³-hybridized carbons (Fsp3) is 0.409. The number of aryl methyl sites for hydroxylation is 2. The summed E-state index contributed by atoms with van der Waals surface area (Å²) in [5, 5.41) is 0. The molecular formula is C22H26N2O3S. The third kappa shape index (κ3) is 3.47. The predicted octanol–water partition coefficient (Wildman–Crippen LogP) is 2.57. The van der Waals surface area contributed by atoms with Crippen LogP contribution in [0.4, 0.5) is 5.69 Å². The van der Waals surface area contributed by atoms with E-state index in [1.165, 1.54) is 0 Å². The lowest BCUT2D eigenvalue weighted by molar-refractivity contribution is -0.123. The molecule has 2 unspecified atom stereocenters. The van der Waals surface area contributed by atoms with Crippen molar-refractivity contribution >= 4 is 21.4 Å². The van der Waals surface area contributed by atoms with Gasteiger partial charge >= 0.3 is 0 Å². The summed E-state index contributed by atoms with van der Waals surface area (Å²) in [5.74, 6) is 0.131. The molecule has 28 heavy (non-hydrogen) atoms. The van der Waals surface area contributed by atoms with Crippen molar-refractivity contribution in [2.24, 2.45) is 0 Å². The third-order valence-electron chi connectivity index (χ3n) is 5.87. The van der Waals surface area contributed by atoms with E-state index in [0.717, 1.165) is 28.8 Å². The van der Waals surface area contributed by atoms with Gasteiger partial charge in [0, 0.05) is 12.6 Å². The third-order valence-corrected chi connectivity index (χ3v) is 7.57. The molecule has 0 N–H and O–H groups in total. The highest BCUT2D eigenvalue weighted by Gasteiger charge is 2.50. The van der Waals surface area contributed by atoms with E-state index >= 15 is 0 Å². The molecule has 2 aromatic carbocycles. The highest BCUT2D eigenvalue weighted by Crippen LogP contribution is 2.36. The number of nitrogens with zero attached hydrogens (tertiary/aromatic N) is 2. The molecular weight excluding hydrogens is 372 g/mol. The lowest BCUT2D eigenvalue weighted by Gasteiger charge is -2.44. The second-order valence-corrected chi connectivity index (χ2v) is 9.96. The Morgan fingerprint density at radius 1 is 1.00 bits per heavy atom. The van der Waals surface area contributed by atoms with Gasteiger partial charge in [0.2, 0.25) is 5.91 Å².